The molecule has 0 spiro atoms. The molecule has 0 bridgehead atoms. The van der Waals surface area contributed by atoms with E-state index in [1.807, 2.05) is 19.2 Å². The molecule has 1 N–H and O–H groups in total. The average molecular weight is 240 g/mol. The number of hydrogen-bond acceptors (Lipinski definition) is 4. The lowest BCUT2D eigenvalue weighted by molar-refractivity contribution is -0.158. The lowest BCUT2D eigenvalue weighted by atomic mass is 9.87. The fraction of sp³-hybridized carbons (Fsp3) is 0.636. The summed E-state index contributed by atoms with van der Waals surface area (Å²) in [4.78, 5) is 16.2. The van der Waals surface area contributed by atoms with Crippen LogP contribution in [0.5, 0.6) is 0 Å². The number of thiazole rings is 1. The van der Waals surface area contributed by atoms with Crippen molar-refractivity contribution in [2.75, 3.05) is 13.2 Å². The van der Waals surface area contributed by atoms with Gasteiger partial charge in [0.05, 0.1) is 24.7 Å². The first-order chi connectivity index (χ1) is 7.65. The van der Waals surface area contributed by atoms with Crippen molar-refractivity contribution in [3.63, 3.8) is 0 Å². The van der Waals surface area contributed by atoms with Gasteiger partial charge in [0.1, 0.15) is 5.01 Å². The molecule has 2 heterocycles. The van der Waals surface area contributed by atoms with E-state index in [-0.39, 0.29) is 17.4 Å². The molecule has 1 aromatic rings. The molecule has 4 nitrogen and oxygen atoms in total. The molecular formula is C11H16N2O2S. The van der Waals surface area contributed by atoms with Gasteiger partial charge in [0.15, 0.2) is 0 Å². The number of carbonyl (C=O) groups excluding carboxylic acids is 1. The summed E-state index contributed by atoms with van der Waals surface area (Å²) >= 11 is 1.58. The summed E-state index contributed by atoms with van der Waals surface area (Å²) in [5.74, 6) is 0.0702. The molecule has 0 aliphatic carbocycles. The van der Waals surface area contributed by atoms with E-state index >= 15 is 0 Å². The molecule has 1 saturated heterocycles. The summed E-state index contributed by atoms with van der Waals surface area (Å²) in [7, 11) is 0. The third kappa shape index (κ3) is 2.10. The van der Waals surface area contributed by atoms with E-state index in [0.29, 0.717) is 13.2 Å². The maximum Gasteiger partial charge on any atom is 0.231 e. The van der Waals surface area contributed by atoms with Crippen molar-refractivity contribution in [3.05, 3.63) is 16.6 Å². The lowest BCUT2D eigenvalue weighted by Gasteiger charge is -2.37. The number of carbonyl (C=O) groups is 1. The maximum absolute atomic E-state index is 12.0. The van der Waals surface area contributed by atoms with Crippen molar-refractivity contribution < 1.29 is 9.53 Å². The van der Waals surface area contributed by atoms with Crippen LogP contribution in [-0.4, -0.2) is 24.1 Å². The molecule has 2 rings (SSSR count). The van der Waals surface area contributed by atoms with Gasteiger partial charge in [-0.1, -0.05) is 6.92 Å². The minimum atomic E-state index is -0.343. The van der Waals surface area contributed by atoms with Gasteiger partial charge < -0.3 is 10.1 Å². The van der Waals surface area contributed by atoms with Gasteiger partial charge in [0, 0.05) is 11.6 Å². The van der Waals surface area contributed by atoms with Crippen molar-refractivity contribution in [2.24, 2.45) is 5.41 Å². The predicted molar refractivity (Wildman–Crippen MR) is 62.2 cm³/mol. The number of hydrogen-bond donors (Lipinski definition) is 1. The molecule has 1 aliphatic heterocycles. The average Bonchev–Trinajstić information content (AvgIpc) is 2.75. The molecule has 1 unspecified atom stereocenters. The Bertz CT molecular complexity index is 360. The fourth-order valence-electron chi connectivity index (χ4n) is 1.62. The van der Waals surface area contributed by atoms with Gasteiger partial charge in [-0.25, -0.2) is 4.98 Å². The van der Waals surface area contributed by atoms with Crippen LogP contribution in [-0.2, 0) is 9.53 Å². The molecule has 0 saturated carbocycles. The molecule has 0 radical (unpaired) electrons. The van der Waals surface area contributed by atoms with E-state index in [9.17, 15) is 4.79 Å². The highest BCUT2D eigenvalue weighted by Crippen LogP contribution is 2.28. The van der Waals surface area contributed by atoms with Crippen LogP contribution in [0.15, 0.2) is 11.6 Å². The second kappa shape index (κ2) is 4.51. The van der Waals surface area contributed by atoms with Crippen LogP contribution in [0.1, 0.15) is 31.3 Å². The summed E-state index contributed by atoms with van der Waals surface area (Å²) in [6.07, 6.45) is 2.62. The first-order valence-corrected chi connectivity index (χ1v) is 6.32. The van der Waals surface area contributed by atoms with E-state index in [2.05, 4.69) is 10.3 Å². The van der Waals surface area contributed by atoms with Crippen LogP contribution >= 0.6 is 11.3 Å². The zero-order valence-corrected chi connectivity index (χ0v) is 10.3. The van der Waals surface area contributed by atoms with E-state index in [1.165, 1.54) is 0 Å². The minimum absolute atomic E-state index is 0.0323. The van der Waals surface area contributed by atoms with Crippen LogP contribution in [0.25, 0.3) is 0 Å². The normalized spacial score (nSPS) is 19.9. The van der Waals surface area contributed by atoms with Gasteiger partial charge in [0.2, 0.25) is 5.91 Å². The van der Waals surface area contributed by atoms with Crippen molar-refractivity contribution in [1.82, 2.24) is 10.3 Å². The molecule has 5 heteroatoms. The summed E-state index contributed by atoms with van der Waals surface area (Å²) in [5, 5.41) is 5.94. The summed E-state index contributed by atoms with van der Waals surface area (Å²) in [6, 6.07) is 0.0323. The Morgan fingerprint density at radius 1 is 1.75 bits per heavy atom. The summed E-state index contributed by atoms with van der Waals surface area (Å²) in [6.45, 7) is 5.02. The van der Waals surface area contributed by atoms with Crippen molar-refractivity contribution >= 4 is 17.2 Å². The van der Waals surface area contributed by atoms with Crippen LogP contribution < -0.4 is 5.32 Å². The van der Waals surface area contributed by atoms with Gasteiger partial charge in [0.25, 0.3) is 0 Å². The molecule has 1 amide bonds. The zero-order valence-electron chi connectivity index (χ0n) is 9.53. The fourth-order valence-corrected chi connectivity index (χ4v) is 2.39. The second-order valence-electron chi connectivity index (χ2n) is 4.36. The smallest absolute Gasteiger partial charge is 0.231 e. The number of nitrogens with zero attached hydrogens (tertiary/aromatic N) is 1. The van der Waals surface area contributed by atoms with Crippen LogP contribution in [0.2, 0.25) is 0 Å². The minimum Gasteiger partial charge on any atom is -0.379 e. The predicted octanol–water partition coefficient (Wildman–Crippen LogP) is 1.75. The number of nitrogens with one attached hydrogen (secondary N) is 1. The molecule has 1 aromatic heterocycles. The Morgan fingerprint density at radius 3 is 2.94 bits per heavy atom. The topological polar surface area (TPSA) is 51.2 Å². The highest BCUT2D eigenvalue weighted by molar-refractivity contribution is 7.09. The summed E-state index contributed by atoms with van der Waals surface area (Å²) < 4.78 is 5.09. The monoisotopic (exact) mass is 240 g/mol. The number of amides is 1. The standard InChI is InChI=1S/C11H16N2O2S/c1-3-8(9-12-4-5-16-9)13-10(14)11(2)6-15-7-11/h4-5,8H,3,6-7H2,1-2H3,(H,13,14). The van der Waals surface area contributed by atoms with Gasteiger partial charge in [-0.15, -0.1) is 11.3 Å². The van der Waals surface area contributed by atoms with Crippen molar-refractivity contribution in [2.45, 2.75) is 26.3 Å². The van der Waals surface area contributed by atoms with E-state index in [1.54, 1.807) is 17.5 Å². The molecule has 1 fully saturated rings. The van der Waals surface area contributed by atoms with Crippen molar-refractivity contribution in [3.8, 4) is 0 Å². The SMILES string of the molecule is CCC(NC(=O)C1(C)COC1)c1nccs1. The Labute approximate surface area is 99.0 Å². The van der Waals surface area contributed by atoms with Crippen LogP contribution in [0, 0.1) is 5.41 Å². The number of ether oxygens (including phenoxy) is 1. The van der Waals surface area contributed by atoms with E-state index < -0.39 is 0 Å². The van der Waals surface area contributed by atoms with Crippen LogP contribution in [0.4, 0.5) is 0 Å². The second-order valence-corrected chi connectivity index (χ2v) is 5.28. The molecule has 16 heavy (non-hydrogen) atoms. The van der Waals surface area contributed by atoms with Gasteiger partial charge >= 0.3 is 0 Å². The zero-order chi connectivity index (χ0) is 11.6. The van der Waals surface area contributed by atoms with Gasteiger partial charge in [-0.3, -0.25) is 4.79 Å². The highest BCUT2D eigenvalue weighted by Gasteiger charge is 2.41. The first-order valence-electron chi connectivity index (χ1n) is 5.44. The highest BCUT2D eigenvalue weighted by atomic mass is 32.1. The lowest BCUT2D eigenvalue weighted by Crippen LogP contribution is -2.52. The van der Waals surface area contributed by atoms with Gasteiger partial charge in [-0.2, -0.15) is 0 Å². The first kappa shape index (κ1) is 11.5. The van der Waals surface area contributed by atoms with Gasteiger partial charge in [-0.05, 0) is 13.3 Å². The third-order valence-corrected chi connectivity index (χ3v) is 3.74. The Hall–Kier alpha value is -0.940. The quantitative estimate of drug-likeness (QED) is 0.872. The molecule has 0 aromatic carbocycles. The Balaban J connectivity index is 1.99. The van der Waals surface area contributed by atoms with E-state index in [4.69, 9.17) is 4.74 Å². The molecule has 88 valence electrons. The maximum atomic E-state index is 12.0. The van der Waals surface area contributed by atoms with E-state index in [0.717, 1.165) is 11.4 Å². The molecular weight excluding hydrogens is 224 g/mol. The Kier molecular flexibility index (Phi) is 3.25. The van der Waals surface area contributed by atoms with Crippen molar-refractivity contribution in [1.29, 1.82) is 0 Å². The summed E-state index contributed by atoms with van der Waals surface area (Å²) in [5.41, 5.74) is -0.343. The Morgan fingerprint density at radius 2 is 2.50 bits per heavy atom. The molecule has 1 atom stereocenters. The largest absolute Gasteiger partial charge is 0.379 e. The van der Waals surface area contributed by atoms with Crippen LogP contribution in [0.3, 0.4) is 0 Å². The number of rotatable bonds is 4. The number of aromatic nitrogens is 1. The third-order valence-electron chi connectivity index (χ3n) is 2.85. The molecule has 1 aliphatic rings.